The van der Waals surface area contributed by atoms with Crippen molar-refractivity contribution in [2.24, 2.45) is 0 Å². The van der Waals surface area contributed by atoms with Crippen LogP contribution in [0.25, 0.3) is 21.8 Å². The third-order valence-electron chi connectivity index (χ3n) is 3.91. The molecule has 0 unspecified atom stereocenters. The van der Waals surface area contributed by atoms with E-state index in [-0.39, 0.29) is 0 Å². The van der Waals surface area contributed by atoms with Crippen molar-refractivity contribution in [2.45, 2.75) is 13.5 Å². The maximum atomic E-state index is 4.21. The van der Waals surface area contributed by atoms with Crippen molar-refractivity contribution in [3.05, 3.63) is 60.9 Å². The van der Waals surface area contributed by atoms with Crippen molar-refractivity contribution < 1.29 is 0 Å². The van der Waals surface area contributed by atoms with Gasteiger partial charge in [-0.15, -0.1) is 0 Å². The van der Waals surface area contributed by atoms with E-state index in [2.05, 4.69) is 69.2 Å². The van der Waals surface area contributed by atoms with Crippen molar-refractivity contribution in [2.75, 3.05) is 5.32 Å². The highest BCUT2D eigenvalue weighted by Crippen LogP contribution is 2.31. The Morgan fingerprint density at radius 1 is 0.909 bits per heavy atom. The van der Waals surface area contributed by atoms with Crippen LogP contribution in [0.5, 0.6) is 0 Å². The quantitative estimate of drug-likeness (QED) is 0.609. The molecule has 0 aliphatic carbocycles. The molecule has 0 bridgehead atoms. The van der Waals surface area contributed by atoms with Gasteiger partial charge in [-0.25, -0.2) is 9.97 Å². The Balaban J connectivity index is 1.88. The van der Waals surface area contributed by atoms with E-state index in [1.807, 2.05) is 6.07 Å². The van der Waals surface area contributed by atoms with E-state index >= 15 is 0 Å². The first-order chi connectivity index (χ1) is 10.9. The minimum Gasteiger partial charge on any atom is -0.341 e. The molecule has 0 atom stereocenters. The van der Waals surface area contributed by atoms with Crippen LogP contribution < -0.4 is 5.32 Å². The SMILES string of the molecule is CCn1c2ccccc2c2cc(Nc3ncccn3)ccc21. The fourth-order valence-corrected chi connectivity index (χ4v) is 2.96. The zero-order valence-electron chi connectivity index (χ0n) is 12.3. The van der Waals surface area contributed by atoms with Gasteiger partial charge in [0.05, 0.1) is 0 Å². The Morgan fingerprint density at radius 2 is 1.68 bits per heavy atom. The van der Waals surface area contributed by atoms with Gasteiger partial charge < -0.3 is 9.88 Å². The van der Waals surface area contributed by atoms with Crippen LogP contribution in [0.1, 0.15) is 6.92 Å². The van der Waals surface area contributed by atoms with Gasteiger partial charge in [0.25, 0.3) is 0 Å². The van der Waals surface area contributed by atoms with Gasteiger partial charge in [-0.1, -0.05) is 18.2 Å². The minimum atomic E-state index is 0.612. The molecule has 0 saturated carbocycles. The van der Waals surface area contributed by atoms with E-state index in [1.54, 1.807) is 12.4 Å². The molecule has 2 heterocycles. The van der Waals surface area contributed by atoms with Crippen LogP contribution in [-0.4, -0.2) is 14.5 Å². The number of rotatable bonds is 3. The number of nitrogens with zero attached hydrogens (tertiary/aromatic N) is 3. The Labute approximate surface area is 128 Å². The summed E-state index contributed by atoms with van der Waals surface area (Å²) in [6.07, 6.45) is 3.47. The van der Waals surface area contributed by atoms with Gasteiger partial charge in [-0.2, -0.15) is 0 Å². The highest BCUT2D eigenvalue weighted by atomic mass is 15.1. The summed E-state index contributed by atoms with van der Waals surface area (Å²) < 4.78 is 2.34. The molecule has 22 heavy (non-hydrogen) atoms. The average molecular weight is 288 g/mol. The molecule has 0 spiro atoms. The van der Waals surface area contributed by atoms with Crippen molar-refractivity contribution in [1.82, 2.24) is 14.5 Å². The van der Waals surface area contributed by atoms with Crippen LogP contribution in [0.2, 0.25) is 0 Å². The summed E-state index contributed by atoms with van der Waals surface area (Å²) >= 11 is 0. The maximum absolute atomic E-state index is 4.21. The molecule has 0 amide bonds. The summed E-state index contributed by atoms with van der Waals surface area (Å²) in [7, 11) is 0. The first-order valence-electron chi connectivity index (χ1n) is 7.42. The number of hydrogen-bond acceptors (Lipinski definition) is 3. The zero-order chi connectivity index (χ0) is 14.9. The lowest BCUT2D eigenvalue weighted by Crippen LogP contribution is -1.96. The molecular formula is C18H16N4. The van der Waals surface area contributed by atoms with Crippen molar-refractivity contribution >= 4 is 33.4 Å². The van der Waals surface area contributed by atoms with E-state index in [0.29, 0.717) is 5.95 Å². The molecule has 0 radical (unpaired) electrons. The summed E-state index contributed by atoms with van der Waals surface area (Å²) in [4.78, 5) is 8.42. The molecule has 4 rings (SSSR count). The Kier molecular flexibility index (Phi) is 3.00. The van der Waals surface area contributed by atoms with Crippen LogP contribution in [0, 0.1) is 0 Å². The minimum absolute atomic E-state index is 0.612. The van der Waals surface area contributed by atoms with Crippen molar-refractivity contribution in [1.29, 1.82) is 0 Å². The van der Waals surface area contributed by atoms with Gasteiger partial charge in [0, 0.05) is 46.4 Å². The zero-order valence-corrected chi connectivity index (χ0v) is 12.3. The van der Waals surface area contributed by atoms with Crippen molar-refractivity contribution in [3.8, 4) is 0 Å². The number of fused-ring (bicyclic) bond motifs is 3. The Morgan fingerprint density at radius 3 is 2.50 bits per heavy atom. The van der Waals surface area contributed by atoms with Crippen LogP contribution in [-0.2, 0) is 6.54 Å². The first kappa shape index (κ1) is 12.8. The number of anilines is 2. The predicted molar refractivity (Wildman–Crippen MR) is 90.4 cm³/mol. The number of nitrogens with one attached hydrogen (secondary N) is 1. The lowest BCUT2D eigenvalue weighted by atomic mass is 10.1. The smallest absolute Gasteiger partial charge is 0.227 e. The Hall–Kier alpha value is -2.88. The van der Waals surface area contributed by atoms with Crippen LogP contribution >= 0.6 is 0 Å². The van der Waals surface area contributed by atoms with E-state index in [4.69, 9.17) is 0 Å². The molecule has 4 nitrogen and oxygen atoms in total. The summed E-state index contributed by atoms with van der Waals surface area (Å²) in [5.41, 5.74) is 3.52. The van der Waals surface area contributed by atoms with E-state index in [9.17, 15) is 0 Å². The number of aromatic nitrogens is 3. The van der Waals surface area contributed by atoms with Crippen LogP contribution in [0.15, 0.2) is 60.9 Å². The molecule has 2 aromatic carbocycles. The van der Waals surface area contributed by atoms with Gasteiger partial charge in [0.15, 0.2) is 0 Å². The van der Waals surface area contributed by atoms with Crippen molar-refractivity contribution in [3.63, 3.8) is 0 Å². The van der Waals surface area contributed by atoms with Crippen LogP contribution in [0.3, 0.4) is 0 Å². The molecule has 108 valence electrons. The third-order valence-corrected chi connectivity index (χ3v) is 3.91. The largest absolute Gasteiger partial charge is 0.341 e. The number of hydrogen-bond donors (Lipinski definition) is 1. The monoisotopic (exact) mass is 288 g/mol. The van der Waals surface area contributed by atoms with E-state index in [1.165, 1.54) is 21.8 Å². The second-order valence-corrected chi connectivity index (χ2v) is 5.19. The van der Waals surface area contributed by atoms with Gasteiger partial charge in [0.1, 0.15) is 0 Å². The van der Waals surface area contributed by atoms with Gasteiger partial charge in [-0.3, -0.25) is 0 Å². The number of benzene rings is 2. The second-order valence-electron chi connectivity index (χ2n) is 5.19. The molecule has 4 heteroatoms. The predicted octanol–water partition coefficient (Wildman–Crippen LogP) is 4.35. The summed E-state index contributed by atoms with van der Waals surface area (Å²) in [5.74, 6) is 0.612. The molecule has 0 aliphatic heterocycles. The topological polar surface area (TPSA) is 42.7 Å². The molecule has 0 saturated heterocycles. The van der Waals surface area contributed by atoms with Crippen LogP contribution in [0.4, 0.5) is 11.6 Å². The molecular weight excluding hydrogens is 272 g/mol. The number of para-hydroxylation sites is 1. The number of aryl methyl sites for hydroxylation is 1. The lowest BCUT2D eigenvalue weighted by Gasteiger charge is -2.06. The average Bonchev–Trinajstić information content (AvgIpc) is 2.89. The molecule has 2 aromatic heterocycles. The summed E-state index contributed by atoms with van der Waals surface area (Å²) in [6, 6.07) is 16.7. The summed E-state index contributed by atoms with van der Waals surface area (Å²) in [5, 5.41) is 5.78. The third kappa shape index (κ3) is 2.00. The Bertz CT molecular complexity index is 941. The highest BCUT2D eigenvalue weighted by Gasteiger charge is 2.09. The normalized spacial score (nSPS) is 11.1. The lowest BCUT2D eigenvalue weighted by molar-refractivity contribution is 0.827. The summed E-state index contributed by atoms with van der Waals surface area (Å²) in [6.45, 7) is 3.13. The highest BCUT2D eigenvalue weighted by molar-refractivity contribution is 6.09. The fraction of sp³-hybridized carbons (Fsp3) is 0.111. The fourth-order valence-electron chi connectivity index (χ4n) is 2.96. The molecule has 0 aliphatic rings. The molecule has 0 fully saturated rings. The standard InChI is InChI=1S/C18H16N4/c1-2-22-16-7-4-3-6-14(16)15-12-13(8-9-17(15)22)21-18-19-10-5-11-20-18/h3-12H,2H2,1H3,(H,19,20,21). The van der Waals surface area contributed by atoms with E-state index in [0.717, 1.165) is 12.2 Å². The molecule has 4 aromatic rings. The first-order valence-corrected chi connectivity index (χ1v) is 7.42. The van der Waals surface area contributed by atoms with Gasteiger partial charge in [-0.05, 0) is 37.3 Å². The van der Waals surface area contributed by atoms with Gasteiger partial charge >= 0.3 is 0 Å². The molecule has 1 N–H and O–H groups in total. The second kappa shape index (κ2) is 5.15. The maximum Gasteiger partial charge on any atom is 0.227 e. The van der Waals surface area contributed by atoms with E-state index < -0.39 is 0 Å². The van der Waals surface area contributed by atoms with Gasteiger partial charge in [0.2, 0.25) is 5.95 Å².